The largest absolute Gasteiger partial charge is 0.398 e. The van der Waals surface area contributed by atoms with E-state index in [0.717, 1.165) is 4.47 Å². The highest BCUT2D eigenvalue weighted by Gasteiger charge is 2.14. The summed E-state index contributed by atoms with van der Waals surface area (Å²) in [5.74, 6) is -0.01000. The molecule has 0 fully saturated rings. The monoisotopic (exact) mass is 270 g/mol. The molecule has 1 amide bonds. The third-order valence-corrected chi connectivity index (χ3v) is 3.06. The number of nitrogens with zero attached hydrogens (tertiary/aromatic N) is 1. The van der Waals surface area contributed by atoms with E-state index in [9.17, 15) is 4.79 Å². The Morgan fingerprint density at radius 1 is 1.47 bits per heavy atom. The lowest BCUT2D eigenvalue weighted by atomic mass is 10.1. The fraction of sp³-hybridized carbons (Fsp3) is 0.364. The van der Waals surface area contributed by atoms with Crippen LogP contribution in [-0.2, 0) is 0 Å². The van der Waals surface area contributed by atoms with Crippen LogP contribution in [0.2, 0.25) is 0 Å². The first-order valence-corrected chi connectivity index (χ1v) is 5.55. The molecule has 0 heterocycles. The van der Waals surface area contributed by atoms with Gasteiger partial charge in [0.15, 0.2) is 0 Å². The summed E-state index contributed by atoms with van der Waals surface area (Å²) in [5, 5.41) is 0. The van der Waals surface area contributed by atoms with Crippen LogP contribution in [0.3, 0.4) is 0 Å². The van der Waals surface area contributed by atoms with E-state index in [1.54, 1.807) is 30.1 Å². The standard InChI is InChI=1S/C11H15BrN2O/c1-7(2)14(3)11(15)8-4-5-9(12)10(13)6-8/h4-7H,13H2,1-3H3. The molecule has 0 aromatic heterocycles. The molecular formula is C11H15BrN2O. The van der Waals surface area contributed by atoms with Crippen LogP contribution in [0.5, 0.6) is 0 Å². The Labute approximate surface area is 98.4 Å². The minimum absolute atomic E-state index is 0.01000. The summed E-state index contributed by atoms with van der Waals surface area (Å²) in [7, 11) is 1.78. The van der Waals surface area contributed by atoms with Crippen molar-refractivity contribution < 1.29 is 4.79 Å². The van der Waals surface area contributed by atoms with Crippen molar-refractivity contribution in [3.63, 3.8) is 0 Å². The molecule has 1 aromatic carbocycles. The molecule has 4 heteroatoms. The first-order chi connectivity index (χ1) is 6.93. The number of hydrogen-bond acceptors (Lipinski definition) is 2. The van der Waals surface area contributed by atoms with Crippen molar-refractivity contribution in [2.24, 2.45) is 0 Å². The van der Waals surface area contributed by atoms with E-state index in [2.05, 4.69) is 15.9 Å². The summed E-state index contributed by atoms with van der Waals surface area (Å²) in [6, 6.07) is 5.42. The summed E-state index contributed by atoms with van der Waals surface area (Å²) in [5.41, 5.74) is 6.92. The summed E-state index contributed by atoms with van der Waals surface area (Å²) in [6.45, 7) is 3.94. The second-order valence-electron chi connectivity index (χ2n) is 3.75. The molecule has 0 saturated heterocycles. The van der Waals surface area contributed by atoms with Gasteiger partial charge in [-0.3, -0.25) is 4.79 Å². The summed E-state index contributed by atoms with van der Waals surface area (Å²) in [6.07, 6.45) is 0. The van der Waals surface area contributed by atoms with Crippen LogP contribution in [0.15, 0.2) is 22.7 Å². The van der Waals surface area contributed by atoms with Gasteiger partial charge in [0, 0.05) is 28.8 Å². The van der Waals surface area contributed by atoms with Gasteiger partial charge in [0.1, 0.15) is 0 Å². The summed E-state index contributed by atoms with van der Waals surface area (Å²) >= 11 is 3.29. The predicted octanol–water partition coefficient (Wildman–Crippen LogP) is 2.51. The van der Waals surface area contributed by atoms with Crippen molar-refractivity contribution in [2.45, 2.75) is 19.9 Å². The van der Waals surface area contributed by atoms with E-state index in [1.165, 1.54) is 0 Å². The number of carbonyl (C=O) groups is 1. The lowest BCUT2D eigenvalue weighted by Gasteiger charge is -2.21. The molecule has 0 radical (unpaired) electrons. The van der Waals surface area contributed by atoms with E-state index < -0.39 is 0 Å². The quantitative estimate of drug-likeness (QED) is 0.840. The third-order valence-electron chi connectivity index (χ3n) is 2.34. The molecule has 82 valence electrons. The van der Waals surface area contributed by atoms with Crippen molar-refractivity contribution in [2.75, 3.05) is 12.8 Å². The van der Waals surface area contributed by atoms with E-state index in [-0.39, 0.29) is 11.9 Å². The fourth-order valence-electron chi connectivity index (χ4n) is 1.11. The summed E-state index contributed by atoms with van der Waals surface area (Å²) in [4.78, 5) is 13.6. The van der Waals surface area contributed by atoms with Crippen LogP contribution < -0.4 is 5.73 Å². The molecule has 0 aliphatic heterocycles. The number of halogens is 1. The minimum Gasteiger partial charge on any atom is -0.398 e. The second-order valence-corrected chi connectivity index (χ2v) is 4.60. The number of benzene rings is 1. The Kier molecular flexibility index (Phi) is 3.74. The Balaban J connectivity index is 2.97. The van der Waals surface area contributed by atoms with Gasteiger partial charge in [0.05, 0.1) is 0 Å². The second kappa shape index (κ2) is 4.66. The van der Waals surface area contributed by atoms with Gasteiger partial charge < -0.3 is 10.6 Å². The molecule has 0 unspecified atom stereocenters. The van der Waals surface area contributed by atoms with Crippen molar-refractivity contribution in [3.05, 3.63) is 28.2 Å². The van der Waals surface area contributed by atoms with Crippen molar-refractivity contribution in [1.82, 2.24) is 4.90 Å². The highest BCUT2D eigenvalue weighted by Crippen LogP contribution is 2.21. The van der Waals surface area contributed by atoms with Gasteiger partial charge >= 0.3 is 0 Å². The van der Waals surface area contributed by atoms with Crippen LogP contribution in [0.25, 0.3) is 0 Å². The molecule has 3 nitrogen and oxygen atoms in total. The minimum atomic E-state index is -0.01000. The predicted molar refractivity (Wildman–Crippen MR) is 65.8 cm³/mol. The zero-order valence-corrected chi connectivity index (χ0v) is 10.7. The topological polar surface area (TPSA) is 46.3 Å². The van der Waals surface area contributed by atoms with Gasteiger partial charge in [0.25, 0.3) is 5.91 Å². The Morgan fingerprint density at radius 3 is 2.53 bits per heavy atom. The Hall–Kier alpha value is -1.03. The zero-order valence-electron chi connectivity index (χ0n) is 9.12. The van der Waals surface area contributed by atoms with E-state index in [0.29, 0.717) is 11.3 Å². The molecule has 0 bridgehead atoms. The van der Waals surface area contributed by atoms with Crippen LogP contribution in [-0.4, -0.2) is 23.9 Å². The smallest absolute Gasteiger partial charge is 0.253 e. The van der Waals surface area contributed by atoms with Gasteiger partial charge in [-0.2, -0.15) is 0 Å². The average Bonchev–Trinajstić information content (AvgIpc) is 2.19. The van der Waals surface area contributed by atoms with Crippen LogP contribution in [0, 0.1) is 0 Å². The number of nitrogen functional groups attached to an aromatic ring is 1. The van der Waals surface area contributed by atoms with E-state index >= 15 is 0 Å². The van der Waals surface area contributed by atoms with Crippen LogP contribution in [0.1, 0.15) is 24.2 Å². The number of hydrogen-bond donors (Lipinski definition) is 1. The first kappa shape index (κ1) is 12.0. The van der Waals surface area contributed by atoms with Gasteiger partial charge in [-0.25, -0.2) is 0 Å². The van der Waals surface area contributed by atoms with Gasteiger partial charge in [0.2, 0.25) is 0 Å². The highest BCUT2D eigenvalue weighted by molar-refractivity contribution is 9.10. The molecule has 15 heavy (non-hydrogen) atoms. The number of amides is 1. The maximum atomic E-state index is 11.9. The van der Waals surface area contributed by atoms with Gasteiger partial charge in [-0.15, -0.1) is 0 Å². The molecule has 0 spiro atoms. The normalized spacial score (nSPS) is 10.5. The Morgan fingerprint density at radius 2 is 2.07 bits per heavy atom. The fourth-order valence-corrected chi connectivity index (χ4v) is 1.36. The maximum Gasteiger partial charge on any atom is 0.253 e. The number of carbonyl (C=O) groups excluding carboxylic acids is 1. The van der Waals surface area contributed by atoms with E-state index in [4.69, 9.17) is 5.73 Å². The van der Waals surface area contributed by atoms with E-state index in [1.807, 2.05) is 13.8 Å². The molecular weight excluding hydrogens is 256 g/mol. The molecule has 2 N–H and O–H groups in total. The van der Waals surface area contributed by atoms with Crippen LogP contribution in [0.4, 0.5) is 5.69 Å². The first-order valence-electron chi connectivity index (χ1n) is 4.75. The zero-order chi connectivity index (χ0) is 11.6. The molecule has 1 aromatic rings. The van der Waals surface area contributed by atoms with Crippen molar-refractivity contribution in [1.29, 1.82) is 0 Å². The maximum absolute atomic E-state index is 11.9. The molecule has 0 aliphatic carbocycles. The summed E-state index contributed by atoms with van der Waals surface area (Å²) < 4.78 is 0.811. The molecule has 0 saturated carbocycles. The van der Waals surface area contributed by atoms with Gasteiger partial charge in [-0.05, 0) is 48.0 Å². The molecule has 0 atom stereocenters. The number of nitrogens with two attached hydrogens (primary N) is 1. The Bertz CT molecular complexity index is 377. The molecule has 1 rings (SSSR count). The lowest BCUT2D eigenvalue weighted by Crippen LogP contribution is -2.32. The van der Waals surface area contributed by atoms with Crippen molar-refractivity contribution in [3.8, 4) is 0 Å². The van der Waals surface area contributed by atoms with Crippen molar-refractivity contribution >= 4 is 27.5 Å². The average molecular weight is 271 g/mol. The van der Waals surface area contributed by atoms with Crippen LogP contribution >= 0.6 is 15.9 Å². The molecule has 0 aliphatic rings. The van der Waals surface area contributed by atoms with Gasteiger partial charge in [-0.1, -0.05) is 0 Å². The SMILES string of the molecule is CC(C)N(C)C(=O)c1ccc(Br)c(N)c1. The highest BCUT2D eigenvalue weighted by atomic mass is 79.9. The lowest BCUT2D eigenvalue weighted by molar-refractivity contribution is 0.0755. The number of rotatable bonds is 2. The third kappa shape index (κ3) is 2.72. The number of anilines is 1.